The van der Waals surface area contributed by atoms with E-state index in [2.05, 4.69) is 5.32 Å². The molecule has 0 bridgehead atoms. The van der Waals surface area contributed by atoms with Gasteiger partial charge in [-0.15, -0.1) is 0 Å². The first kappa shape index (κ1) is 20.9. The monoisotopic (exact) mass is 394 g/mol. The molecule has 0 saturated carbocycles. The zero-order chi connectivity index (χ0) is 20.8. The summed E-state index contributed by atoms with van der Waals surface area (Å²) in [5, 5.41) is 2.88. The van der Waals surface area contributed by atoms with E-state index in [1.54, 1.807) is 12.1 Å². The molecule has 29 heavy (non-hydrogen) atoms. The molecule has 0 spiro atoms. The Hall–Kier alpha value is -2.82. The summed E-state index contributed by atoms with van der Waals surface area (Å²) in [6, 6.07) is 15.1. The van der Waals surface area contributed by atoms with Crippen LogP contribution in [-0.2, 0) is 0 Å². The molecular formula is C24H30N2O3. The Morgan fingerprint density at radius 3 is 2.17 bits per heavy atom. The number of amides is 2. The van der Waals surface area contributed by atoms with Gasteiger partial charge in [0.2, 0.25) is 0 Å². The molecular weight excluding hydrogens is 364 g/mol. The van der Waals surface area contributed by atoms with E-state index in [4.69, 9.17) is 4.74 Å². The molecule has 5 heteroatoms. The summed E-state index contributed by atoms with van der Waals surface area (Å²) >= 11 is 0. The van der Waals surface area contributed by atoms with Gasteiger partial charge in [-0.25, -0.2) is 0 Å². The molecule has 1 N–H and O–H groups in total. The number of benzene rings is 2. The molecule has 0 unspecified atom stereocenters. The third kappa shape index (κ3) is 5.83. The number of carbonyl (C=O) groups is 2. The van der Waals surface area contributed by atoms with Crippen molar-refractivity contribution in [3.8, 4) is 5.75 Å². The van der Waals surface area contributed by atoms with E-state index in [0.717, 1.165) is 42.8 Å². The molecule has 154 valence electrons. The average Bonchev–Trinajstić information content (AvgIpc) is 2.72. The van der Waals surface area contributed by atoms with Crippen LogP contribution in [0, 0.1) is 12.8 Å². The van der Waals surface area contributed by atoms with E-state index in [1.807, 2.05) is 62.1 Å². The zero-order valence-corrected chi connectivity index (χ0v) is 17.5. The van der Waals surface area contributed by atoms with E-state index in [0.29, 0.717) is 18.1 Å². The molecule has 0 radical (unpaired) electrons. The fourth-order valence-electron chi connectivity index (χ4n) is 3.44. The van der Waals surface area contributed by atoms with Gasteiger partial charge in [-0.1, -0.05) is 17.7 Å². The van der Waals surface area contributed by atoms with Crippen molar-refractivity contribution in [1.29, 1.82) is 0 Å². The number of nitrogens with zero attached hydrogens (tertiary/aromatic N) is 1. The van der Waals surface area contributed by atoms with Crippen molar-refractivity contribution in [1.82, 2.24) is 10.2 Å². The molecule has 1 saturated heterocycles. The minimum Gasteiger partial charge on any atom is -0.493 e. The third-order valence-corrected chi connectivity index (χ3v) is 5.22. The highest BCUT2D eigenvalue weighted by molar-refractivity contribution is 5.94. The van der Waals surface area contributed by atoms with Crippen LogP contribution in [0.4, 0.5) is 0 Å². The molecule has 5 nitrogen and oxygen atoms in total. The average molecular weight is 395 g/mol. The van der Waals surface area contributed by atoms with Gasteiger partial charge in [0.15, 0.2) is 0 Å². The number of nitrogens with one attached hydrogen (secondary N) is 1. The van der Waals surface area contributed by atoms with Crippen molar-refractivity contribution in [2.45, 2.75) is 39.7 Å². The van der Waals surface area contributed by atoms with Gasteiger partial charge >= 0.3 is 0 Å². The minimum atomic E-state index is -0.0721. The topological polar surface area (TPSA) is 58.6 Å². The molecule has 1 aliphatic heterocycles. The molecule has 0 atom stereocenters. The van der Waals surface area contributed by atoms with Gasteiger partial charge in [-0.3, -0.25) is 9.59 Å². The lowest BCUT2D eigenvalue weighted by atomic mass is 9.97. The van der Waals surface area contributed by atoms with E-state index in [-0.39, 0.29) is 17.9 Å². The Bertz CT molecular complexity index is 820. The lowest BCUT2D eigenvalue weighted by Crippen LogP contribution is -2.39. The SMILES string of the molecule is Cc1ccc(C(=O)N2CCC(COc3ccc(C(=O)NC(C)C)cc3)CC2)cc1. The molecule has 0 aromatic heterocycles. The maximum atomic E-state index is 12.6. The van der Waals surface area contributed by atoms with Crippen LogP contribution in [0.25, 0.3) is 0 Å². The predicted molar refractivity (Wildman–Crippen MR) is 114 cm³/mol. The second-order valence-electron chi connectivity index (χ2n) is 8.07. The summed E-state index contributed by atoms with van der Waals surface area (Å²) < 4.78 is 5.92. The van der Waals surface area contributed by atoms with Gasteiger partial charge in [-0.2, -0.15) is 0 Å². The molecule has 1 fully saturated rings. The van der Waals surface area contributed by atoms with Crippen LogP contribution >= 0.6 is 0 Å². The second-order valence-corrected chi connectivity index (χ2v) is 8.07. The van der Waals surface area contributed by atoms with Crippen molar-refractivity contribution < 1.29 is 14.3 Å². The van der Waals surface area contributed by atoms with Crippen molar-refractivity contribution in [2.75, 3.05) is 19.7 Å². The van der Waals surface area contributed by atoms with Gasteiger partial charge in [0.25, 0.3) is 11.8 Å². The van der Waals surface area contributed by atoms with Crippen LogP contribution in [0.1, 0.15) is 53.0 Å². The van der Waals surface area contributed by atoms with E-state index in [9.17, 15) is 9.59 Å². The van der Waals surface area contributed by atoms with Crippen LogP contribution in [0.15, 0.2) is 48.5 Å². The van der Waals surface area contributed by atoms with Crippen LogP contribution in [0.3, 0.4) is 0 Å². The number of piperidine rings is 1. The Morgan fingerprint density at radius 2 is 1.59 bits per heavy atom. The van der Waals surface area contributed by atoms with Gasteiger partial charge in [-0.05, 0) is 75.9 Å². The Kier molecular flexibility index (Phi) is 6.91. The number of ether oxygens (including phenoxy) is 1. The van der Waals surface area contributed by atoms with Crippen LogP contribution in [0.2, 0.25) is 0 Å². The Morgan fingerprint density at radius 1 is 1.00 bits per heavy atom. The van der Waals surface area contributed by atoms with E-state index in [1.165, 1.54) is 0 Å². The summed E-state index contributed by atoms with van der Waals surface area (Å²) in [7, 11) is 0. The van der Waals surface area contributed by atoms with Crippen molar-refractivity contribution in [2.24, 2.45) is 5.92 Å². The zero-order valence-electron chi connectivity index (χ0n) is 17.5. The van der Waals surface area contributed by atoms with Crippen LogP contribution in [0.5, 0.6) is 5.75 Å². The number of hydrogen-bond donors (Lipinski definition) is 1. The normalized spacial score (nSPS) is 14.7. The molecule has 2 aromatic carbocycles. The first-order chi connectivity index (χ1) is 13.9. The lowest BCUT2D eigenvalue weighted by molar-refractivity contribution is 0.0660. The van der Waals surface area contributed by atoms with E-state index < -0.39 is 0 Å². The number of rotatable bonds is 6. The first-order valence-corrected chi connectivity index (χ1v) is 10.3. The largest absolute Gasteiger partial charge is 0.493 e. The standard InChI is InChI=1S/C24H30N2O3/c1-17(2)25-23(27)20-8-10-22(11-9-20)29-16-19-12-14-26(15-13-19)24(28)21-6-4-18(3)5-7-21/h4-11,17,19H,12-16H2,1-3H3,(H,25,27). The fourth-order valence-corrected chi connectivity index (χ4v) is 3.44. The van der Waals surface area contributed by atoms with Gasteiger partial charge < -0.3 is 15.0 Å². The van der Waals surface area contributed by atoms with Gasteiger partial charge in [0.1, 0.15) is 5.75 Å². The molecule has 2 aromatic rings. The number of aryl methyl sites for hydroxylation is 1. The van der Waals surface area contributed by atoms with Crippen LogP contribution < -0.4 is 10.1 Å². The summed E-state index contributed by atoms with van der Waals surface area (Å²) in [6.45, 7) is 8.05. The maximum Gasteiger partial charge on any atom is 0.253 e. The summed E-state index contributed by atoms with van der Waals surface area (Å²) in [5.74, 6) is 1.24. The summed E-state index contributed by atoms with van der Waals surface area (Å²) in [4.78, 5) is 26.5. The van der Waals surface area contributed by atoms with Gasteiger partial charge in [0, 0.05) is 30.3 Å². The smallest absolute Gasteiger partial charge is 0.253 e. The van der Waals surface area contributed by atoms with Gasteiger partial charge in [0.05, 0.1) is 6.61 Å². The van der Waals surface area contributed by atoms with Crippen molar-refractivity contribution in [3.63, 3.8) is 0 Å². The van der Waals surface area contributed by atoms with Crippen LogP contribution in [-0.4, -0.2) is 42.5 Å². The highest BCUT2D eigenvalue weighted by atomic mass is 16.5. The number of likely N-dealkylation sites (tertiary alicyclic amines) is 1. The highest BCUT2D eigenvalue weighted by Crippen LogP contribution is 2.21. The third-order valence-electron chi connectivity index (χ3n) is 5.22. The van der Waals surface area contributed by atoms with Crippen molar-refractivity contribution >= 4 is 11.8 Å². The molecule has 3 rings (SSSR count). The maximum absolute atomic E-state index is 12.6. The Labute approximate surface area is 173 Å². The number of carbonyl (C=O) groups excluding carboxylic acids is 2. The quantitative estimate of drug-likeness (QED) is 0.804. The molecule has 0 aliphatic carbocycles. The highest BCUT2D eigenvalue weighted by Gasteiger charge is 2.24. The minimum absolute atomic E-state index is 0.0721. The first-order valence-electron chi connectivity index (χ1n) is 10.3. The predicted octanol–water partition coefficient (Wildman–Crippen LogP) is 4.06. The molecule has 2 amide bonds. The van der Waals surface area contributed by atoms with E-state index >= 15 is 0 Å². The molecule has 1 heterocycles. The number of hydrogen-bond acceptors (Lipinski definition) is 3. The Balaban J connectivity index is 1.44. The summed E-state index contributed by atoms with van der Waals surface area (Å²) in [5.41, 5.74) is 2.55. The fraction of sp³-hybridized carbons (Fsp3) is 0.417. The lowest BCUT2D eigenvalue weighted by Gasteiger charge is -2.32. The molecule has 1 aliphatic rings. The second kappa shape index (κ2) is 9.59. The van der Waals surface area contributed by atoms with Crippen molar-refractivity contribution in [3.05, 3.63) is 65.2 Å². The summed E-state index contributed by atoms with van der Waals surface area (Å²) in [6.07, 6.45) is 1.87.